The molecular weight excluding hydrogens is 234 g/mol. The molecule has 102 valence electrons. The number of aliphatic carboxylic acids is 1. The zero-order chi connectivity index (χ0) is 13.0. The van der Waals surface area contributed by atoms with Gasteiger partial charge in [0.15, 0.2) is 0 Å². The van der Waals surface area contributed by atoms with Gasteiger partial charge in [0.1, 0.15) is 0 Å². The van der Waals surface area contributed by atoms with Gasteiger partial charge in [0.2, 0.25) is 5.91 Å². The molecule has 2 aliphatic rings. The van der Waals surface area contributed by atoms with Crippen LogP contribution in [0.15, 0.2) is 0 Å². The number of rotatable bonds is 8. The molecular formula is C12H21N3O3. The van der Waals surface area contributed by atoms with Crippen LogP contribution >= 0.6 is 0 Å². The van der Waals surface area contributed by atoms with E-state index in [1.165, 1.54) is 0 Å². The summed E-state index contributed by atoms with van der Waals surface area (Å²) in [6.07, 6.45) is 3.61. The standard InChI is InChI=1S/C12H21N3O3/c16-10(15-9-3-4-9)2-1-5-14-12(6-11(17)18)7-13-8-12/h9,13-14H,1-8H2,(H,15,16)(H,17,18). The normalized spacial score (nSPS) is 21.1. The van der Waals surface area contributed by atoms with Crippen LogP contribution in [0.4, 0.5) is 0 Å². The number of amides is 1. The van der Waals surface area contributed by atoms with Crippen LogP contribution in [-0.4, -0.2) is 48.2 Å². The van der Waals surface area contributed by atoms with Crippen LogP contribution < -0.4 is 16.0 Å². The highest BCUT2D eigenvalue weighted by atomic mass is 16.4. The quantitative estimate of drug-likeness (QED) is 0.437. The molecule has 1 aliphatic carbocycles. The van der Waals surface area contributed by atoms with Crippen molar-refractivity contribution in [2.75, 3.05) is 19.6 Å². The molecule has 18 heavy (non-hydrogen) atoms. The van der Waals surface area contributed by atoms with Crippen LogP contribution in [0.5, 0.6) is 0 Å². The number of nitrogens with one attached hydrogen (secondary N) is 3. The topological polar surface area (TPSA) is 90.5 Å². The van der Waals surface area contributed by atoms with Crippen LogP contribution in [0.2, 0.25) is 0 Å². The lowest BCUT2D eigenvalue weighted by atomic mass is 9.88. The molecule has 1 saturated carbocycles. The molecule has 0 bridgehead atoms. The van der Waals surface area contributed by atoms with Gasteiger partial charge in [-0.05, 0) is 25.8 Å². The third-order valence-corrected chi connectivity index (χ3v) is 3.44. The van der Waals surface area contributed by atoms with Gasteiger partial charge < -0.3 is 21.1 Å². The molecule has 0 aromatic carbocycles. The lowest BCUT2D eigenvalue weighted by Gasteiger charge is -2.42. The van der Waals surface area contributed by atoms with E-state index in [1.54, 1.807) is 0 Å². The zero-order valence-electron chi connectivity index (χ0n) is 10.5. The van der Waals surface area contributed by atoms with Crippen LogP contribution in [-0.2, 0) is 9.59 Å². The third-order valence-electron chi connectivity index (χ3n) is 3.44. The van der Waals surface area contributed by atoms with Crippen molar-refractivity contribution < 1.29 is 14.7 Å². The highest BCUT2D eigenvalue weighted by Gasteiger charge is 2.38. The summed E-state index contributed by atoms with van der Waals surface area (Å²) in [6.45, 7) is 2.06. The van der Waals surface area contributed by atoms with E-state index in [1.807, 2.05) is 0 Å². The molecule has 6 nitrogen and oxygen atoms in total. The maximum absolute atomic E-state index is 11.4. The summed E-state index contributed by atoms with van der Waals surface area (Å²) >= 11 is 0. The molecule has 1 saturated heterocycles. The maximum atomic E-state index is 11.4. The molecule has 0 aromatic heterocycles. The summed E-state index contributed by atoms with van der Waals surface area (Å²) in [5, 5.41) is 18.1. The van der Waals surface area contributed by atoms with Crippen LogP contribution in [0.3, 0.4) is 0 Å². The van der Waals surface area contributed by atoms with E-state index < -0.39 is 5.97 Å². The van der Waals surface area contributed by atoms with Gasteiger partial charge in [-0.1, -0.05) is 0 Å². The SMILES string of the molecule is O=C(O)CC1(NCCCC(=O)NC2CC2)CNC1. The predicted molar refractivity (Wildman–Crippen MR) is 66.3 cm³/mol. The average Bonchev–Trinajstić information content (AvgIpc) is 3.03. The maximum Gasteiger partial charge on any atom is 0.305 e. The predicted octanol–water partition coefficient (Wildman–Crippen LogP) is -0.548. The molecule has 0 radical (unpaired) electrons. The minimum absolute atomic E-state index is 0.110. The Hall–Kier alpha value is -1.14. The minimum Gasteiger partial charge on any atom is -0.481 e. The van der Waals surface area contributed by atoms with E-state index >= 15 is 0 Å². The Labute approximate surface area is 107 Å². The second-order valence-corrected chi connectivity index (χ2v) is 5.33. The Morgan fingerprint density at radius 1 is 1.33 bits per heavy atom. The van der Waals surface area contributed by atoms with Gasteiger partial charge in [0.25, 0.3) is 0 Å². The smallest absolute Gasteiger partial charge is 0.305 e. The minimum atomic E-state index is -0.782. The summed E-state index contributed by atoms with van der Waals surface area (Å²) in [5.74, 6) is -0.672. The number of carboxylic acid groups (broad SMARTS) is 1. The van der Waals surface area contributed by atoms with Crippen LogP contribution in [0.25, 0.3) is 0 Å². The van der Waals surface area contributed by atoms with Crippen molar-refractivity contribution >= 4 is 11.9 Å². The van der Waals surface area contributed by atoms with Gasteiger partial charge in [0.05, 0.1) is 12.0 Å². The lowest BCUT2D eigenvalue weighted by molar-refractivity contribution is -0.139. The number of carboxylic acids is 1. The monoisotopic (exact) mass is 255 g/mol. The Bertz CT molecular complexity index is 325. The third kappa shape index (κ3) is 3.96. The van der Waals surface area contributed by atoms with E-state index in [9.17, 15) is 9.59 Å². The molecule has 6 heteroatoms. The Kier molecular flexibility index (Phi) is 4.19. The average molecular weight is 255 g/mol. The van der Waals surface area contributed by atoms with E-state index in [4.69, 9.17) is 5.11 Å². The van der Waals surface area contributed by atoms with Gasteiger partial charge in [-0.25, -0.2) is 0 Å². The molecule has 2 fully saturated rings. The van der Waals surface area contributed by atoms with Crippen molar-refractivity contribution in [1.29, 1.82) is 0 Å². The van der Waals surface area contributed by atoms with Crippen molar-refractivity contribution in [3.8, 4) is 0 Å². The van der Waals surface area contributed by atoms with Crippen molar-refractivity contribution in [3.05, 3.63) is 0 Å². The largest absolute Gasteiger partial charge is 0.481 e. The van der Waals surface area contributed by atoms with Crippen LogP contribution in [0.1, 0.15) is 32.1 Å². The fourth-order valence-corrected chi connectivity index (χ4v) is 2.16. The first-order valence-electron chi connectivity index (χ1n) is 6.57. The summed E-state index contributed by atoms with van der Waals surface area (Å²) in [6, 6.07) is 0.416. The molecule has 4 N–H and O–H groups in total. The zero-order valence-corrected chi connectivity index (χ0v) is 10.5. The molecule has 2 rings (SSSR count). The van der Waals surface area contributed by atoms with Crippen molar-refractivity contribution in [1.82, 2.24) is 16.0 Å². The number of carbonyl (C=O) groups excluding carboxylic acids is 1. The number of carbonyl (C=O) groups is 2. The first-order chi connectivity index (χ1) is 8.60. The van der Waals surface area contributed by atoms with E-state index in [2.05, 4.69) is 16.0 Å². The Balaban J connectivity index is 1.58. The van der Waals surface area contributed by atoms with Crippen molar-refractivity contribution in [3.63, 3.8) is 0 Å². The van der Waals surface area contributed by atoms with Gasteiger partial charge in [0, 0.05) is 25.6 Å². The molecule has 1 aliphatic heterocycles. The summed E-state index contributed by atoms with van der Waals surface area (Å²) < 4.78 is 0. The van der Waals surface area contributed by atoms with Crippen molar-refractivity contribution in [2.45, 2.75) is 43.7 Å². The second-order valence-electron chi connectivity index (χ2n) is 5.33. The molecule has 1 amide bonds. The van der Waals surface area contributed by atoms with Crippen LogP contribution in [0, 0.1) is 0 Å². The summed E-state index contributed by atoms with van der Waals surface area (Å²) in [7, 11) is 0. The summed E-state index contributed by atoms with van der Waals surface area (Å²) in [5.41, 5.74) is -0.307. The van der Waals surface area contributed by atoms with Crippen molar-refractivity contribution in [2.24, 2.45) is 0 Å². The molecule has 0 unspecified atom stereocenters. The molecule has 0 aromatic rings. The fourth-order valence-electron chi connectivity index (χ4n) is 2.16. The molecule has 1 heterocycles. The lowest BCUT2D eigenvalue weighted by Crippen LogP contribution is -2.68. The Morgan fingerprint density at radius 2 is 2.06 bits per heavy atom. The fraction of sp³-hybridized carbons (Fsp3) is 0.833. The van der Waals surface area contributed by atoms with Gasteiger partial charge in [-0.2, -0.15) is 0 Å². The van der Waals surface area contributed by atoms with Gasteiger partial charge in [-0.15, -0.1) is 0 Å². The second kappa shape index (κ2) is 5.67. The van der Waals surface area contributed by atoms with Gasteiger partial charge >= 0.3 is 5.97 Å². The summed E-state index contributed by atoms with van der Waals surface area (Å²) in [4.78, 5) is 22.2. The first-order valence-corrected chi connectivity index (χ1v) is 6.57. The van der Waals surface area contributed by atoms with E-state index in [0.29, 0.717) is 32.1 Å². The van der Waals surface area contributed by atoms with E-state index in [-0.39, 0.29) is 17.9 Å². The first kappa shape index (κ1) is 13.3. The number of hydrogen-bond acceptors (Lipinski definition) is 4. The highest BCUT2D eigenvalue weighted by Crippen LogP contribution is 2.19. The number of hydrogen-bond donors (Lipinski definition) is 4. The highest BCUT2D eigenvalue weighted by molar-refractivity contribution is 5.76. The van der Waals surface area contributed by atoms with Gasteiger partial charge in [-0.3, -0.25) is 9.59 Å². The molecule has 0 spiro atoms. The van der Waals surface area contributed by atoms with E-state index in [0.717, 1.165) is 19.3 Å². The Morgan fingerprint density at radius 3 is 2.56 bits per heavy atom. The molecule has 0 atom stereocenters.